The van der Waals surface area contributed by atoms with Crippen molar-refractivity contribution < 1.29 is 14.3 Å². The number of rotatable bonds is 4. The molecule has 5 nitrogen and oxygen atoms in total. The summed E-state index contributed by atoms with van der Waals surface area (Å²) >= 11 is 5.94. The van der Waals surface area contributed by atoms with Crippen molar-refractivity contribution in [2.75, 3.05) is 24.7 Å². The minimum Gasteiger partial charge on any atom is -0.376 e. The number of pyridine rings is 1. The van der Waals surface area contributed by atoms with Crippen LogP contribution >= 0.6 is 11.6 Å². The van der Waals surface area contributed by atoms with Crippen LogP contribution in [0.25, 0.3) is 0 Å². The topological polar surface area (TPSA) is 51.7 Å². The second-order valence-corrected chi connectivity index (χ2v) is 5.59. The summed E-state index contributed by atoms with van der Waals surface area (Å²) in [4.78, 5) is 18.8. The second-order valence-electron chi connectivity index (χ2n) is 5.16. The molecule has 1 aromatic heterocycles. The number of ether oxygens (including phenoxy) is 2. The van der Waals surface area contributed by atoms with Crippen LogP contribution in [0.5, 0.6) is 0 Å². The van der Waals surface area contributed by atoms with E-state index < -0.39 is 6.10 Å². The highest BCUT2D eigenvalue weighted by Gasteiger charge is 2.28. The largest absolute Gasteiger partial charge is 0.376 e. The third kappa shape index (κ3) is 4.07. The molecule has 0 saturated carbocycles. The Bertz CT molecular complexity index is 643. The molecular weight excluding hydrogens is 316 g/mol. The Labute approximate surface area is 139 Å². The fraction of sp³-hybridized carbons (Fsp3) is 0.294. The van der Waals surface area contributed by atoms with Crippen LogP contribution in [-0.4, -0.2) is 36.8 Å². The predicted octanol–water partition coefficient (Wildman–Crippen LogP) is 2.68. The van der Waals surface area contributed by atoms with Gasteiger partial charge in [0.15, 0.2) is 6.10 Å². The summed E-state index contributed by atoms with van der Waals surface area (Å²) in [6.07, 6.45) is 1.11. The number of hydrogen-bond acceptors (Lipinski definition) is 4. The number of aromatic nitrogens is 1. The lowest BCUT2D eigenvalue weighted by Crippen LogP contribution is -2.45. The average molecular weight is 333 g/mol. The van der Waals surface area contributed by atoms with Crippen molar-refractivity contribution in [2.24, 2.45) is 0 Å². The van der Waals surface area contributed by atoms with Gasteiger partial charge in [0, 0.05) is 16.9 Å². The van der Waals surface area contributed by atoms with Crippen LogP contribution in [0.4, 0.5) is 5.69 Å². The van der Waals surface area contributed by atoms with Crippen molar-refractivity contribution >= 4 is 23.2 Å². The highest BCUT2D eigenvalue weighted by atomic mass is 35.5. The van der Waals surface area contributed by atoms with Gasteiger partial charge in [-0.05, 0) is 36.4 Å². The first-order valence-electron chi connectivity index (χ1n) is 7.40. The number of anilines is 1. The van der Waals surface area contributed by atoms with Gasteiger partial charge in [-0.1, -0.05) is 17.7 Å². The van der Waals surface area contributed by atoms with Gasteiger partial charge in [-0.2, -0.15) is 0 Å². The van der Waals surface area contributed by atoms with Gasteiger partial charge in [-0.25, -0.2) is 0 Å². The van der Waals surface area contributed by atoms with Crippen LogP contribution in [0.1, 0.15) is 5.69 Å². The Hall–Kier alpha value is -1.95. The van der Waals surface area contributed by atoms with E-state index in [2.05, 4.69) is 4.98 Å². The van der Waals surface area contributed by atoms with Crippen molar-refractivity contribution in [1.82, 2.24) is 4.98 Å². The number of nitrogens with zero attached hydrogens (tertiary/aromatic N) is 2. The summed E-state index contributed by atoms with van der Waals surface area (Å²) in [5.74, 6) is -0.141. The molecule has 1 fully saturated rings. The van der Waals surface area contributed by atoms with Gasteiger partial charge in [0.2, 0.25) is 0 Å². The number of benzene rings is 1. The molecule has 0 aliphatic carbocycles. The zero-order valence-electron chi connectivity index (χ0n) is 12.5. The Morgan fingerprint density at radius 1 is 1.22 bits per heavy atom. The molecule has 1 saturated heterocycles. The van der Waals surface area contributed by atoms with Crippen molar-refractivity contribution in [3.63, 3.8) is 0 Å². The molecule has 0 unspecified atom stereocenters. The number of carbonyl (C=O) groups excluding carboxylic acids is 1. The van der Waals surface area contributed by atoms with Gasteiger partial charge >= 0.3 is 0 Å². The summed E-state index contributed by atoms with van der Waals surface area (Å²) in [5.41, 5.74) is 1.55. The summed E-state index contributed by atoms with van der Waals surface area (Å²) in [6, 6.07) is 12.8. The van der Waals surface area contributed by atoms with E-state index in [1.807, 2.05) is 30.3 Å². The van der Waals surface area contributed by atoms with E-state index in [0.717, 1.165) is 11.4 Å². The van der Waals surface area contributed by atoms with E-state index in [-0.39, 0.29) is 12.5 Å². The first-order valence-corrected chi connectivity index (χ1v) is 7.78. The van der Waals surface area contributed by atoms with E-state index in [1.54, 1.807) is 23.2 Å². The SMILES string of the molecule is O=C([C@@H]1COCCO1)N(Cc1ccccn1)c1ccc(Cl)cc1. The molecule has 0 radical (unpaired) electrons. The molecule has 1 atom stereocenters. The first kappa shape index (κ1) is 15.9. The van der Waals surface area contributed by atoms with Gasteiger partial charge < -0.3 is 14.4 Å². The van der Waals surface area contributed by atoms with E-state index in [0.29, 0.717) is 24.8 Å². The van der Waals surface area contributed by atoms with E-state index in [4.69, 9.17) is 21.1 Å². The zero-order chi connectivity index (χ0) is 16.1. The van der Waals surface area contributed by atoms with E-state index >= 15 is 0 Å². The fourth-order valence-corrected chi connectivity index (χ4v) is 2.50. The molecule has 1 aromatic carbocycles. The molecule has 0 spiro atoms. The van der Waals surface area contributed by atoms with Crippen LogP contribution in [0.2, 0.25) is 5.02 Å². The predicted molar refractivity (Wildman–Crippen MR) is 87.4 cm³/mol. The van der Waals surface area contributed by atoms with Gasteiger partial charge in [0.1, 0.15) is 0 Å². The molecule has 1 aliphatic rings. The molecule has 6 heteroatoms. The van der Waals surface area contributed by atoms with Gasteiger partial charge in [0.05, 0.1) is 32.1 Å². The second kappa shape index (κ2) is 7.55. The smallest absolute Gasteiger partial charge is 0.258 e. The highest BCUT2D eigenvalue weighted by Crippen LogP contribution is 2.22. The van der Waals surface area contributed by atoms with E-state index in [1.165, 1.54) is 0 Å². The molecule has 0 bridgehead atoms. The molecular formula is C17H17ClN2O3. The summed E-state index contributed by atoms with van der Waals surface area (Å²) in [5, 5.41) is 0.622. The Morgan fingerprint density at radius 2 is 2.04 bits per heavy atom. The summed E-state index contributed by atoms with van der Waals surface area (Å²) in [7, 11) is 0. The minimum atomic E-state index is -0.594. The van der Waals surface area contributed by atoms with Crippen LogP contribution < -0.4 is 4.90 Å². The van der Waals surface area contributed by atoms with Gasteiger partial charge in [0.25, 0.3) is 5.91 Å². The Kier molecular flexibility index (Phi) is 5.23. The average Bonchev–Trinajstić information content (AvgIpc) is 2.62. The van der Waals surface area contributed by atoms with Crippen molar-refractivity contribution in [1.29, 1.82) is 0 Å². The van der Waals surface area contributed by atoms with Crippen LogP contribution in [0.3, 0.4) is 0 Å². The minimum absolute atomic E-state index is 0.141. The Morgan fingerprint density at radius 3 is 2.70 bits per heavy atom. The van der Waals surface area contributed by atoms with Crippen molar-refractivity contribution in [3.8, 4) is 0 Å². The standard InChI is InChI=1S/C17H17ClN2O3/c18-13-4-6-15(7-5-13)20(11-14-3-1-2-8-19-14)17(21)16-12-22-9-10-23-16/h1-8,16H,9-12H2/t16-/m0/s1. The third-order valence-corrected chi connectivity index (χ3v) is 3.79. The lowest BCUT2D eigenvalue weighted by atomic mass is 10.2. The number of amides is 1. The number of hydrogen-bond donors (Lipinski definition) is 0. The summed E-state index contributed by atoms with van der Waals surface area (Å²) in [6.45, 7) is 1.58. The lowest BCUT2D eigenvalue weighted by molar-refractivity contribution is -0.145. The van der Waals surface area contributed by atoms with Crippen LogP contribution in [0, 0.1) is 0 Å². The quantitative estimate of drug-likeness (QED) is 0.863. The molecule has 1 amide bonds. The van der Waals surface area contributed by atoms with E-state index in [9.17, 15) is 4.79 Å². The molecule has 2 heterocycles. The number of halogens is 1. The lowest BCUT2D eigenvalue weighted by Gasteiger charge is -2.29. The fourth-order valence-electron chi connectivity index (χ4n) is 2.38. The van der Waals surface area contributed by atoms with Gasteiger partial charge in [-0.15, -0.1) is 0 Å². The first-order chi connectivity index (χ1) is 11.2. The molecule has 0 N–H and O–H groups in total. The molecule has 23 heavy (non-hydrogen) atoms. The zero-order valence-corrected chi connectivity index (χ0v) is 13.3. The monoisotopic (exact) mass is 332 g/mol. The molecule has 120 valence electrons. The van der Waals surface area contributed by atoms with Crippen molar-refractivity contribution in [2.45, 2.75) is 12.6 Å². The van der Waals surface area contributed by atoms with Gasteiger partial charge in [-0.3, -0.25) is 9.78 Å². The molecule has 1 aliphatic heterocycles. The maximum absolute atomic E-state index is 12.8. The summed E-state index contributed by atoms with van der Waals surface area (Å²) < 4.78 is 10.9. The van der Waals surface area contributed by atoms with Crippen molar-refractivity contribution in [3.05, 3.63) is 59.4 Å². The maximum Gasteiger partial charge on any atom is 0.258 e. The number of carbonyl (C=O) groups is 1. The Balaban J connectivity index is 1.85. The maximum atomic E-state index is 12.8. The van der Waals surface area contributed by atoms with Crippen LogP contribution in [0.15, 0.2) is 48.7 Å². The highest BCUT2D eigenvalue weighted by molar-refractivity contribution is 6.30. The third-order valence-electron chi connectivity index (χ3n) is 3.54. The normalized spacial score (nSPS) is 17.7. The van der Waals surface area contributed by atoms with Crippen LogP contribution in [-0.2, 0) is 20.8 Å². The molecule has 3 rings (SSSR count). The molecule has 2 aromatic rings.